The van der Waals surface area contributed by atoms with Crippen LogP contribution >= 0.6 is 22.9 Å². The summed E-state index contributed by atoms with van der Waals surface area (Å²) >= 11 is 7.17. The molecule has 1 amide bonds. The fourth-order valence-corrected chi connectivity index (χ4v) is 2.53. The Morgan fingerprint density at radius 1 is 1.15 bits per heavy atom. The first-order chi connectivity index (χ1) is 9.72. The second kappa shape index (κ2) is 5.44. The lowest BCUT2D eigenvalue weighted by Crippen LogP contribution is -2.11. The lowest BCUT2D eigenvalue weighted by Gasteiger charge is -1.99. The van der Waals surface area contributed by atoms with E-state index in [2.05, 4.69) is 15.5 Å². The number of hydrogen-bond donors (Lipinski definition) is 1. The number of nitrogens with zero attached hydrogens (tertiary/aromatic N) is 2. The Kier molecular flexibility index (Phi) is 3.49. The van der Waals surface area contributed by atoms with Gasteiger partial charge in [-0.15, -0.1) is 16.4 Å². The SMILES string of the molecule is O=C(Nc1nnc(-c2ccc(Cl)s2)o1)c1ccccc1. The normalized spacial score (nSPS) is 10.4. The van der Waals surface area contributed by atoms with Crippen LogP contribution < -0.4 is 5.32 Å². The van der Waals surface area contributed by atoms with E-state index in [0.717, 1.165) is 4.88 Å². The van der Waals surface area contributed by atoms with Crippen molar-refractivity contribution >= 4 is 34.9 Å². The quantitative estimate of drug-likeness (QED) is 0.801. The molecule has 100 valence electrons. The highest BCUT2D eigenvalue weighted by Crippen LogP contribution is 2.30. The van der Waals surface area contributed by atoms with Crippen LogP contribution in [0.3, 0.4) is 0 Å². The van der Waals surface area contributed by atoms with Gasteiger partial charge >= 0.3 is 6.01 Å². The van der Waals surface area contributed by atoms with E-state index in [1.165, 1.54) is 11.3 Å². The monoisotopic (exact) mass is 305 g/mol. The molecule has 0 radical (unpaired) electrons. The molecule has 0 aliphatic carbocycles. The number of hydrogen-bond acceptors (Lipinski definition) is 5. The van der Waals surface area contributed by atoms with E-state index >= 15 is 0 Å². The van der Waals surface area contributed by atoms with Crippen LogP contribution in [0.5, 0.6) is 0 Å². The maximum atomic E-state index is 11.9. The first-order valence-corrected chi connectivity index (χ1v) is 6.87. The summed E-state index contributed by atoms with van der Waals surface area (Å²) in [4.78, 5) is 12.7. The molecule has 2 heterocycles. The summed E-state index contributed by atoms with van der Waals surface area (Å²) in [5, 5.41) is 10.2. The molecule has 1 N–H and O–H groups in total. The number of carbonyl (C=O) groups excluding carboxylic acids is 1. The minimum Gasteiger partial charge on any atom is -0.402 e. The third kappa shape index (κ3) is 2.71. The fourth-order valence-electron chi connectivity index (χ4n) is 1.56. The average Bonchev–Trinajstić information content (AvgIpc) is 3.09. The van der Waals surface area contributed by atoms with E-state index < -0.39 is 0 Å². The molecule has 3 aromatic rings. The highest BCUT2D eigenvalue weighted by Gasteiger charge is 2.13. The molecule has 5 nitrogen and oxygen atoms in total. The largest absolute Gasteiger partial charge is 0.402 e. The van der Waals surface area contributed by atoms with Gasteiger partial charge in [0.15, 0.2) is 0 Å². The van der Waals surface area contributed by atoms with Crippen LogP contribution in [0.15, 0.2) is 46.9 Å². The summed E-state index contributed by atoms with van der Waals surface area (Å²) < 4.78 is 6.01. The van der Waals surface area contributed by atoms with Gasteiger partial charge in [0.2, 0.25) is 0 Å². The molecule has 0 aliphatic rings. The van der Waals surface area contributed by atoms with Crippen molar-refractivity contribution in [3.63, 3.8) is 0 Å². The Morgan fingerprint density at radius 3 is 2.65 bits per heavy atom. The third-order valence-corrected chi connectivity index (χ3v) is 3.68. The van der Waals surface area contributed by atoms with Crippen molar-refractivity contribution in [2.45, 2.75) is 0 Å². The molecule has 2 aromatic heterocycles. The predicted octanol–water partition coefficient (Wildman–Crippen LogP) is 3.70. The number of carbonyl (C=O) groups is 1. The van der Waals surface area contributed by atoms with Crippen molar-refractivity contribution in [2.24, 2.45) is 0 Å². The standard InChI is InChI=1S/C13H8ClN3O2S/c14-10-7-6-9(20-10)12-16-17-13(19-12)15-11(18)8-4-2-1-3-5-8/h1-7H,(H,15,17,18). The van der Waals surface area contributed by atoms with E-state index in [9.17, 15) is 4.79 Å². The molecule has 0 bridgehead atoms. The van der Waals surface area contributed by atoms with Gasteiger partial charge in [-0.1, -0.05) is 34.9 Å². The highest BCUT2D eigenvalue weighted by atomic mass is 35.5. The maximum Gasteiger partial charge on any atom is 0.322 e. The van der Waals surface area contributed by atoms with Gasteiger partial charge in [0, 0.05) is 5.56 Å². The van der Waals surface area contributed by atoms with Gasteiger partial charge in [0.1, 0.15) is 0 Å². The summed E-state index contributed by atoms with van der Waals surface area (Å²) in [6, 6.07) is 12.4. The van der Waals surface area contributed by atoms with Crippen molar-refractivity contribution < 1.29 is 9.21 Å². The Morgan fingerprint density at radius 2 is 1.95 bits per heavy atom. The number of thiophene rings is 1. The van der Waals surface area contributed by atoms with Crippen LogP contribution in [-0.2, 0) is 0 Å². The van der Waals surface area contributed by atoms with Crippen molar-refractivity contribution in [3.05, 3.63) is 52.4 Å². The summed E-state index contributed by atoms with van der Waals surface area (Å²) in [7, 11) is 0. The van der Waals surface area contributed by atoms with Gasteiger partial charge in [-0.3, -0.25) is 10.1 Å². The van der Waals surface area contributed by atoms with Gasteiger partial charge in [0.25, 0.3) is 11.8 Å². The Bertz CT molecular complexity index is 739. The Hall–Kier alpha value is -2.18. The summed E-state index contributed by atoms with van der Waals surface area (Å²) in [5.41, 5.74) is 0.520. The molecular formula is C13H8ClN3O2S. The van der Waals surface area contributed by atoms with Crippen molar-refractivity contribution in [3.8, 4) is 10.8 Å². The molecule has 0 saturated heterocycles. The first-order valence-electron chi connectivity index (χ1n) is 5.68. The van der Waals surface area contributed by atoms with E-state index in [4.69, 9.17) is 16.0 Å². The second-order valence-corrected chi connectivity index (χ2v) is 5.55. The average molecular weight is 306 g/mol. The van der Waals surface area contributed by atoms with Crippen molar-refractivity contribution in [1.29, 1.82) is 0 Å². The molecule has 0 atom stereocenters. The zero-order valence-electron chi connectivity index (χ0n) is 10.0. The topological polar surface area (TPSA) is 68.0 Å². The van der Waals surface area contributed by atoms with Crippen LogP contribution in [0.2, 0.25) is 4.34 Å². The molecule has 7 heteroatoms. The number of nitrogens with one attached hydrogen (secondary N) is 1. The minimum absolute atomic E-state index is 0.0541. The number of amides is 1. The number of benzene rings is 1. The number of aromatic nitrogens is 2. The molecular weight excluding hydrogens is 298 g/mol. The summed E-state index contributed by atoms with van der Waals surface area (Å²) in [5.74, 6) is 0.0234. The summed E-state index contributed by atoms with van der Waals surface area (Å²) in [6.07, 6.45) is 0. The van der Waals surface area contributed by atoms with Gasteiger partial charge in [-0.25, -0.2) is 0 Å². The smallest absolute Gasteiger partial charge is 0.322 e. The lowest BCUT2D eigenvalue weighted by molar-refractivity contribution is 0.102. The zero-order valence-corrected chi connectivity index (χ0v) is 11.6. The molecule has 0 fully saturated rings. The van der Waals surface area contributed by atoms with Crippen LogP contribution in [0, 0.1) is 0 Å². The molecule has 1 aromatic carbocycles. The van der Waals surface area contributed by atoms with Gasteiger partial charge in [-0.05, 0) is 24.3 Å². The van der Waals surface area contributed by atoms with Crippen LogP contribution in [0.25, 0.3) is 10.8 Å². The van der Waals surface area contributed by atoms with Gasteiger partial charge in [-0.2, -0.15) is 0 Å². The van der Waals surface area contributed by atoms with Gasteiger partial charge < -0.3 is 4.42 Å². The van der Waals surface area contributed by atoms with Crippen LogP contribution in [-0.4, -0.2) is 16.1 Å². The number of halogens is 1. The maximum absolute atomic E-state index is 11.9. The summed E-state index contributed by atoms with van der Waals surface area (Å²) in [6.45, 7) is 0. The van der Waals surface area contributed by atoms with Gasteiger partial charge in [0.05, 0.1) is 9.21 Å². The molecule has 20 heavy (non-hydrogen) atoms. The minimum atomic E-state index is -0.301. The molecule has 0 unspecified atom stereocenters. The van der Waals surface area contributed by atoms with E-state index in [1.54, 1.807) is 36.4 Å². The molecule has 0 saturated carbocycles. The molecule has 0 aliphatic heterocycles. The zero-order chi connectivity index (χ0) is 13.9. The van der Waals surface area contributed by atoms with E-state index in [-0.39, 0.29) is 11.9 Å². The van der Waals surface area contributed by atoms with Crippen LogP contribution in [0.4, 0.5) is 6.01 Å². The highest BCUT2D eigenvalue weighted by molar-refractivity contribution is 7.19. The van der Waals surface area contributed by atoms with E-state index in [1.807, 2.05) is 6.07 Å². The molecule has 0 spiro atoms. The molecule has 3 rings (SSSR count). The third-order valence-electron chi connectivity index (χ3n) is 2.47. The lowest BCUT2D eigenvalue weighted by atomic mass is 10.2. The number of anilines is 1. The first kappa shape index (κ1) is 12.8. The van der Waals surface area contributed by atoms with Crippen molar-refractivity contribution in [1.82, 2.24) is 10.2 Å². The van der Waals surface area contributed by atoms with Crippen molar-refractivity contribution in [2.75, 3.05) is 5.32 Å². The second-order valence-electron chi connectivity index (χ2n) is 3.84. The van der Waals surface area contributed by atoms with E-state index in [0.29, 0.717) is 15.8 Å². The number of rotatable bonds is 3. The van der Waals surface area contributed by atoms with Crippen LogP contribution in [0.1, 0.15) is 10.4 Å². The Labute approximate surface area is 123 Å². The fraction of sp³-hybridized carbons (Fsp3) is 0. The predicted molar refractivity (Wildman–Crippen MR) is 77.0 cm³/mol. The Balaban J connectivity index is 1.76.